The van der Waals surface area contributed by atoms with Crippen LogP contribution in [0.3, 0.4) is 0 Å². The van der Waals surface area contributed by atoms with Crippen molar-refractivity contribution in [1.29, 1.82) is 5.26 Å². The van der Waals surface area contributed by atoms with Gasteiger partial charge in [-0.05, 0) is 17.9 Å². The molecule has 1 aliphatic carbocycles. The fraction of sp³-hybridized carbons (Fsp3) is 0.400. The van der Waals surface area contributed by atoms with Crippen LogP contribution in [0.15, 0.2) is 23.7 Å². The molecule has 0 fully saturated rings. The van der Waals surface area contributed by atoms with Crippen LogP contribution in [0.2, 0.25) is 0 Å². The van der Waals surface area contributed by atoms with Crippen molar-refractivity contribution in [3.8, 4) is 6.07 Å². The van der Waals surface area contributed by atoms with Gasteiger partial charge in [0.15, 0.2) is 5.78 Å². The average Bonchev–Trinajstić information content (AvgIpc) is 2.34. The molecule has 0 aromatic carbocycles. The molecule has 0 saturated heterocycles. The van der Waals surface area contributed by atoms with Crippen LogP contribution in [0.4, 0.5) is 0 Å². The van der Waals surface area contributed by atoms with Gasteiger partial charge in [-0.2, -0.15) is 5.26 Å². The number of nitrogens with zero attached hydrogens (tertiary/aromatic N) is 2. The summed E-state index contributed by atoms with van der Waals surface area (Å²) in [6.07, 6.45) is 3.08. The first-order valence-corrected chi connectivity index (χ1v) is 7.16. The smallest absolute Gasteiger partial charge is 0.165 e. The number of Topliss-reactive ketones (excluding diaryl/α,β-unsaturated/α-hetero) is 1. The number of fused-ring (bicyclic) bond motifs is 1. The quantitative estimate of drug-likeness (QED) is 0.625. The fourth-order valence-corrected chi connectivity index (χ4v) is 2.99. The van der Waals surface area contributed by atoms with Gasteiger partial charge in [0.25, 0.3) is 0 Å². The van der Waals surface area contributed by atoms with Crippen molar-refractivity contribution in [3.05, 3.63) is 35.5 Å². The van der Waals surface area contributed by atoms with Crippen LogP contribution in [-0.4, -0.2) is 16.5 Å². The van der Waals surface area contributed by atoms with Gasteiger partial charge < -0.3 is 0 Å². The standard InChI is InChI=1S/C15H16N2OS/c1-4-5-19-14-10(9-16)6-11-12(17-14)7-15(2,3)8-13(11)18/h4,6H,1,5,7-8H2,2-3H3. The molecule has 0 spiro atoms. The van der Waals surface area contributed by atoms with Crippen molar-refractivity contribution in [2.24, 2.45) is 5.41 Å². The number of aromatic nitrogens is 1. The van der Waals surface area contributed by atoms with E-state index >= 15 is 0 Å². The molecule has 0 aliphatic heterocycles. The number of nitriles is 1. The van der Waals surface area contributed by atoms with Gasteiger partial charge in [-0.15, -0.1) is 18.3 Å². The molecule has 4 heteroatoms. The predicted octanol–water partition coefficient (Wildman–Crippen LogP) is 3.39. The number of pyridine rings is 1. The SMILES string of the molecule is C=CCSc1nc2c(cc1C#N)C(=O)CC(C)(C)C2. The van der Waals surface area contributed by atoms with Gasteiger partial charge in [0.05, 0.1) is 11.3 Å². The minimum atomic E-state index is -0.0500. The molecule has 0 amide bonds. The molecule has 0 atom stereocenters. The number of hydrogen-bond donors (Lipinski definition) is 0. The van der Waals surface area contributed by atoms with Gasteiger partial charge in [0.1, 0.15) is 11.1 Å². The number of carbonyl (C=O) groups is 1. The largest absolute Gasteiger partial charge is 0.294 e. The van der Waals surface area contributed by atoms with E-state index in [1.807, 2.05) is 0 Å². The highest BCUT2D eigenvalue weighted by molar-refractivity contribution is 7.99. The van der Waals surface area contributed by atoms with Gasteiger partial charge in [-0.3, -0.25) is 4.79 Å². The van der Waals surface area contributed by atoms with E-state index in [9.17, 15) is 4.79 Å². The van der Waals surface area contributed by atoms with Gasteiger partial charge in [-0.25, -0.2) is 4.98 Å². The van der Waals surface area contributed by atoms with Crippen LogP contribution in [0.1, 0.15) is 41.9 Å². The summed E-state index contributed by atoms with van der Waals surface area (Å²) >= 11 is 1.48. The lowest BCUT2D eigenvalue weighted by Gasteiger charge is -2.29. The lowest BCUT2D eigenvalue weighted by atomic mass is 9.75. The van der Waals surface area contributed by atoms with Crippen molar-refractivity contribution in [2.45, 2.75) is 31.7 Å². The summed E-state index contributed by atoms with van der Waals surface area (Å²) in [5.74, 6) is 0.799. The van der Waals surface area contributed by atoms with Gasteiger partial charge in [0, 0.05) is 17.7 Å². The Kier molecular flexibility index (Phi) is 3.77. The van der Waals surface area contributed by atoms with E-state index in [4.69, 9.17) is 5.26 Å². The summed E-state index contributed by atoms with van der Waals surface area (Å²) < 4.78 is 0. The van der Waals surface area contributed by atoms with E-state index in [1.54, 1.807) is 12.1 Å². The van der Waals surface area contributed by atoms with Gasteiger partial charge in [0.2, 0.25) is 0 Å². The Morgan fingerprint density at radius 2 is 2.32 bits per heavy atom. The first kappa shape index (κ1) is 13.8. The summed E-state index contributed by atoms with van der Waals surface area (Å²) in [6.45, 7) is 7.82. The van der Waals surface area contributed by atoms with Crippen molar-refractivity contribution >= 4 is 17.5 Å². The maximum Gasteiger partial charge on any atom is 0.165 e. The first-order chi connectivity index (χ1) is 8.96. The van der Waals surface area contributed by atoms with Crippen LogP contribution in [0.25, 0.3) is 0 Å². The molecule has 0 radical (unpaired) electrons. The summed E-state index contributed by atoms with van der Waals surface area (Å²) in [7, 11) is 0. The molecule has 0 unspecified atom stereocenters. The molecule has 0 saturated carbocycles. The Hall–Kier alpha value is -1.60. The zero-order valence-electron chi connectivity index (χ0n) is 11.2. The Labute approximate surface area is 117 Å². The molecule has 0 bridgehead atoms. The third-order valence-electron chi connectivity index (χ3n) is 3.11. The zero-order chi connectivity index (χ0) is 14.0. The molecule has 1 aromatic heterocycles. The Bertz CT molecular complexity index is 585. The van der Waals surface area contributed by atoms with Crippen molar-refractivity contribution < 1.29 is 4.79 Å². The molecule has 1 aliphatic rings. The lowest BCUT2D eigenvalue weighted by molar-refractivity contribution is 0.0910. The summed E-state index contributed by atoms with van der Waals surface area (Å²) in [4.78, 5) is 16.7. The highest BCUT2D eigenvalue weighted by Crippen LogP contribution is 2.35. The third kappa shape index (κ3) is 2.87. The summed E-state index contributed by atoms with van der Waals surface area (Å²) in [5, 5.41) is 9.87. The fourth-order valence-electron chi connectivity index (χ4n) is 2.28. The van der Waals surface area contributed by atoms with Gasteiger partial charge in [-0.1, -0.05) is 19.9 Å². The number of ketones is 1. The van der Waals surface area contributed by atoms with Crippen LogP contribution in [-0.2, 0) is 6.42 Å². The van der Waals surface area contributed by atoms with Crippen molar-refractivity contribution in [3.63, 3.8) is 0 Å². The number of hydrogen-bond acceptors (Lipinski definition) is 4. The molecular weight excluding hydrogens is 256 g/mol. The van der Waals surface area contributed by atoms with E-state index in [0.29, 0.717) is 28.3 Å². The molecule has 1 aromatic rings. The second-order valence-corrected chi connectivity index (χ2v) is 6.50. The number of rotatable bonds is 3. The van der Waals surface area contributed by atoms with E-state index in [2.05, 4.69) is 31.5 Å². The van der Waals surface area contributed by atoms with Gasteiger partial charge >= 0.3 is 0 Å². The molecular formula is C15H16N2OS. The first-order valence-electron chi connectivity index (χ1n) is 6.18. The van der Waals surface area contributed by atoms with E-state index in [-0.39, 0.29) is 11.2 Å². The van der Waals surface area contributed by atoms with Crippen molar-refractivity contribution in [1.82, 2.24) is 4.98 Å². The van der Waals surface area contributed by atoms with E-state index in [1.165, 1.54) is 11.8 Å². The molecule has 98 valence electrons. The van der Waals surface area contributed by atoms with Crippen LogP contribution < -0.4 is 0 Å². The summed E-state index contributed by atoms with van der Waals surface area (Å²) in [6, 6.07) is 3.83. The third-order valence-corrected chi connectivity index (χ3v) is 4.10. The molecule has 2 rings (SSSR count). The normalized spacial score (nSPS) is 16.6. The number of carbonyl (C=O) groups excluding carboxylic acids is 1. The van der Waals surface area contributed by atoms with Crippen LogP contribution in [0, 0.1) is 16.7 Å². The highest BCUT2D eigenvalue weighted by Gasteiger charge is 2.32. The maximum atomic E-state index is 12.1. The highest BCUT2D eigenvalue weighted by atomic mass is 32.2. The zero-order valence-corrected chi connectivity index (χ0v) is 12.0. The van der Waals surface area contributed by atoms with Crippen LogP contribution in [0.5, 0.6) is 0 Å². The Morgan fingerprint density at radius 1 is 1.58 bits per heavy atom. The number of thioether (sulfide) groups is 1. The topological polar surface area (TPSA) is 53.8 Å². The molecule has 0 N–H and O–H groups in total. The Morgan fingerprint density at radius 3 is 2.95 bits per heavy atom. The lowest BCUT2D eigenvalue weighted by Crippen LogP contribution is -2.28. The van der Waals surface area contributed by atoms with E-state index < -0.39 is 0 Å². The monoisotopic (exact) mass is 272 g/mol. The maximum absolute atomic E-state index is 12.1. The minimum absolute atomic E-state index is 0.0500. The predicted molar refractivity (Wildman–Crippen MR) is 76.3 cm³/mol. The van der Waals surface area contributed by atoms with Crippen molar-refractivity contribution in [2.75, 3.05) is 5.75 Å². The summed E-state index contributed by atoms with van der Waals surface area (Å²) in [5.41, 5.74) is 1.88. The minimum Gasteiger partial charge on any atom is -0.294 e. The second-order valence-electron chi connectivity index (χ2n) is 5.49. The molecule has 19 heavy (non-hydrogen) atoms. The van der Waals surface area contributed by atoms with Crippen LogP contribution >= 0.6 is 11.8 Å². The average molecular weight is 272 g/mol. The molecule has 1 heterocycles. The second kappa shape index (κ2) is 5.18. The molecule has 3 nitrogen and oxygen atoms in total. The Balaban J connectivity index is 2.48. The van der Waals surface area contributed by atoms with E-state index in [0.717, 1.165) is 12.1 Å².